The van der Waals surface area contributed by atoms with Crippen LogP contribution in [0.1, 0.15) is 18.4 Å². The molecule has 1 aromatic rings. The number of aliphatic hydroxyl groups is 1. The number of rotatable bonds is 4. The summed E-state index contributed by atoms with van der Waals surface area (Å²) in [5.74, 6) is 0.847. The van der Waals surface area contributed by atoms with Crippen LogP contribution in [0.3, 0.4) is 0 Å². The first kappa shape index (κ1) is 12.3. The molecule has 0 aliphatic heterocycles. The molecule has 1 N–H and O–H groups in total. The first-order valence-corrected chi connectivity index (χ1v) is 6.07. The summed E-state index contributed by atoms with van der Waals surface area (Å²) in [6, 6.07) is 7.87. The van der Waals surface area contributed by atoms with Gasteiger partial charge in [-0.1, -0.05) is 24.4 Å². The van der Waals surface area contributed by atoms with E-state index in [0.717, 1.165) is 24.2 Å². The Morgan fingerprint density at radius 3 is 2.47 bits per heavy atom. The highest BCUT2D eigenvalue weighted by Gasteiger charge is 2.46. The molecule has 0 atom stereocenters. The Balaban J connectivity index is 1.97. The van der Waals surface area contributed by atoms with E-state index < -0.39 is 5.60 Å². The highest BCUT2D eigenvalue weighted by molar-refractivity contribution is 7.80. The fraction of sp³-hybridized carbons (Fsp3) is 0.462. The lowest BCUT2D eigenvalue weighted by atomic mass is 10.2. The van der Waals surface area contributed by atoms with Gasteiger partial charge in [-0.15, -0.1) is 0 Å². The highest BCUT2D eigenvalue weighted by Crippen LogP contribution is 2.37. The average molecular weight is 251 g/mol. The molecule has 1 aliphatic rings. The van der Waals surface area contributed by atoms with Gasteiger partial charge in [0, 0.05) is 13.6 Å². The maximum atomic E-state index is 9.93. The molecule has 0 heterocycles. The van der Waals surface area contributed by atoms with E-state index in [1.807, 2.05) is 36.2 Å². The molecule has 0 amide bonds. The van der Waals surface area contributed by atoms with Gasteiger partial charge in [0.15, 0.2) is 0 Å². The van der Waals surface area contributed by atoms with Crippen molar-refractivity contribution in [3.63, 3.8) is 0 Å². The molecule has 0 bridgehead atoms. The average Bonchev–Trinajstić information content (AvgIpc) is 3.08. The lowest BCUT2D eigenvalue weighted by Crippen LogP contribution is -2.35. The number of ether oxygens (including phenoxy) is 1. The Bertz CT molecular complexity index is 412. The van der Waals surface area contributed by atoms with Crippen LogP contribution >= 0.6 is 12.2 Å². The third kappa shape index (κ3) is 2.76. The Kier molecular flexibility index (Phi) is 3.35. The zero-order valence-corrected chi connectivity index (χ0v) is 11.0. The van der Waals surface area contributed by atoms with Crippen LogP contribution in [-0.2, 0) is 6.54 Å². The van der Waals surface area contributed by atoms with Gasteiger partial charge in [0.05, 0.1) is 7.11 Å². The molecule has 1 fully saturated rings. The molecular weight excluding hydrogens is 234 g/mol. The number of methoxy groups -OCH3 is 1. The van der Waals surface area contributed by atoms with E-state index >= 15 is 0 Å². The second-order valence-corrected chi connectivity index (χ2v) is 4.93. The molecule has 0 radical (unpaired) electrons. The van der Waals surface area contributed by atoms with Gasteiger partial charge in [-0.2, -0.15) is 0 Å². The SMILES string of the molecule is COc1ccc(CN(C)C(=S)C2(O)CC2)cc1. The largest absolute Gasteiger partial charge is 0.497 e. The van der Waals surface area contributed by atoms with Gasteiger partial charge in [0.1, 0.15) is 16.3 Å². The van der Waals surface area contributed by atoms with Crippen molar-refractivity contribution in [2.75, 3.05) is 14.2 Å². The molecule has 1 aliphatic carbocycles. The first-order chi connectivity index (χ1) is 8.05. The van der Waals surface area contributed by atoms with Crippen molar-refractivity contribution in [2.45, 2.75) is 25.0 Å². The van der Waals surface area contributed by atoms with E-state index in [1.54, 1.807) is 7.11 Å². The van der Waals surface area contributed by atoms with Gasteiger partial charge in [0.2, 0.25) is 0 Å². The van der Waals surface area contributed by atoms with Crippen LogP contribution in [0, 0.1) is 0 Å². The zero-order valence-electron chi connectivity index (χ0n) is 10.1. The van der Waals surface area contributed by atoms with E-state index in [0.29, 0.717) is 11.5 Å². The van der Waals surface area contributed by atoms with Crippen LogP contribution in [0.2, 0.25) is 0 Å². The monoisotopic (exact) mass is 251 g/mol. The summed E-state index contributed by atoms with van der Waals surface area (Å²) in [6.07, 6.45) is 1.58. The maximum Gasteiger partial charge on any atom is 0.118 e. The minimum absolute atomic E-state index is 0.647. The number of nitrogens with zero attached hydrogens (tertiary/aromatic N) is 1. The third-order valence-corrected chi connectivity index (χ3v) is 3.74. The predicted octanol–water partition coefficient (Wildman–Crippen LogP) is 1.98. The summed E-state index contributed by atoms with van der Waals surface area (Å²) in [6.45, 7) is 0.713. The summed E-state index contributed by atoms with van der Waals surface area (Å²) in [7, 11) is 3.57. The lowest BCUT2D eigenvalue weighted by Gasteiger charge is -2.23. The summed E-state index contributed by atoms with van der Waals surface area (Å²) >= 11 is 5.28. The van der Waals surface area contributed by atoms with Crippen LogP contribution in [-0.4, -0.2) is 34.8 Å². The van der Waals surface area contributed by atoms with Crippen molar-refractivity contribution in [2.24, 2.45) is 0 Å². The topological polar surface area (TPSA) is 32.7 Å². The molecule has 92 valence electrons. The van der Waals surface area contributed by atoms with Crippen molar-refractivity contribution in [1.82, 2.24) is 4.90 Å². The van der Waals surface area contributed by atoms with E-state index in [4.69, 9.17) is 17.0 Å². The number of likely N-dealkylation sites (N-methyl/N-ethyl adjacent to an activating group) is 1. The van der Waals surface area contributed by atoms with Crippen molar-refractivity contribution < 1.29 is 9.84 Å². The normalized spacial score (nSPS) is 16.4. The zero-order chi connectivity index (χ0) is 12.5. The second kappa shape index (κ2) is 4.63. The number of benzene rings is 1. The molecule has 2 rings (SSSR count). The van der Waals surface area contributed by atoms with Crippen molar-refractivity contribution in [1.29, 1.82) is 0 Å². The number of hydrogen-bond donors (Lipinski definition) is 1. The Labute approximate surface area is 107 Å². The molecule has 3 nitrogen and oxygen atoms in total. The van der Waals surface area contributed by atoms with Gasteiger partial charge >= 0.3 is 0 Å². The third-order valence-electron chi connectivity index (χ3n) is 3.05. The van der Waals surface area contributed by atoms with Gasteiger partial charge in [-0.3, -0.25) is 0 Å². The minimum Gasteiger partial charge on any atom is -0.497 e. The van der Waals surface area contributed by atoms with E-state index in [2.05, 4.69) is 0 Å². The number of thiocarbonyl (C=S) groups is 1. The van der Waals surface area contributed by atoms with Crippen LogP contribution in [0.25, 0.3) is 0 Å². The molecule has 0 unspecified atom stereocenters. The summed E-state index contributed by atoms with van der Waals surface area (Å²) in [4.78, 5) is 2.58. The van der Waals surface area contributed by atoms with Crippen LogP contribution in [0.15, 0.2) is 24.3 Å². The Hall–Kier alpha value is -1.13. The first-order valence-electron chi connectivity index (χ1n) is 5.66. The summed E-state index contributed by atoms with van der Waals surface area (Å²) in [5.41, 5.74) is 0.441. The fourth-order valence-corrected chi connectivity index (χ4v) is 2.03. The molecular formula is C13H17NO2S. The van der Waals surface area contributed by atoms with Crippen molar-refractivity contribution in [3.05, 3.63) is 29.8 Å². The highest BCUT2D eigenvalue weighted by atomic mass is 32.1. The molecule has 0 spiro atoms. The Morgan fingerprint density at radius 1 is 1.41 bits per heavy atom. The lowest BCUT2D eigenvalue weighted by molar-refractivity contribution is 0.207. The van der Waals surface area contributed by atoms with Crippen molar-refractivity contribution >= 4 is 17.2 Å². The summed E-state index contributed by atoms with van der Waals surface area (Å²) in [5, 5.41) is 9.93. The minimum atomic E-state index is -0.712. The van der Waals surface area contributed by atoms with E-state index in [9.17, 15) is 5.11 Å². The standard InChI is InChI=1S/C13H17NO2S/c1-14(12(17)13(15)7-8-13)9-10-3-5-11(16-2)6-4-10/h3-6,15H,7-9H2,1-2H3. The Morgan fingerprint density at radius 2 is 2.00 bits per heavy atom. The fourth-order valence-electron chi connectivity index (χ4n) is 1.76. The predicted molar refractivity (Wildman–Crippen MR) is 71.2 cm³/mol. The molecule has 0 aromatic heterocycles. The summed E-state index contributed by atoms with van der Waals surface area (Å²) < 4.78 is 5.11. The second-order valence-electron chi connectivity index (χ2n) is 4.54. The molecule has 0 saturated heterocycles. The van der Waals surface area contributed by atoms with Crippen LogP contribution in [0.5, 0.6) is 5.75 Å². The van der Waals surface area contributed by atoms with Gasteiger partial charge in [0.25, 0.3) is 0 Å². The van der Waals surface area contributed by atoms with Gasteiger partial charge < -0.3 is 14.7 Å². The number of hydrogen-bond acceptors (Lipinski definition) is 3. The maximum absolute atomic E-state index is 9.93. The quantitative estimate of drug-likeness (QED) is 0.829. The van der Waals surface area contributed by atoms with Gasteiger partial charge in [-0.25, -0.2) is 0 Å². The molecule has 4 heteroatoms. The van der Waals surface area contributed by atoms with Gasteiger partial charge in [-0.05, 0) is 30.5 Å². The van der Waals surface area contributed by atoms with E-state index in [-0.39, 0.29) is 0 Å². The van der Waals surface area contributed by atoms with Crippen LogP contribution < -0.4 is 4.74 Å². The van der Waals surface area contributed by atoms with Crippen molar-refractivity contribution in [3.8, 4) is 5.75 Å². The molecule has 17 heavy (non-hydrogen) atoms. The van der Waals surface area contributed by atoms with Crippen LogP contribution in [0.4, 0.5) is 0 Å². The molecule has 1 saturated carbocycles. The van der Waals surface area contributed by atoms with E-state index in [1.165, 1.54) is 0 Å². The smallest absolute Gasteiger partial charge is 0.118 e. The molecule has 1 aromatic carbocycles.